The first-order valence-electron chi connectivity index (χ1n) is 8.46. The Kier molecular flexibility index (Phi) is 6.25. The van der Waals surface area contributed by atoms with Crippen LogP contribution in [0.3, 0.4) is 0 Å². The van der Waals surface area contributed by atoms with E-state index in [1.54, 1.807) is 0 Å². The Hall–Kier alpha value is -0.860. The van der Waals surface area contributed by atoms with E-state index in [4.69, 9.17) is 4.74 Å². The molecule has 1 aromatic carbocycles. The van der Waals surface area contributed by atoms with Crippen molar-refractivity contribution in [2.24, 2.45) is 11.8 Å². The topological polar surface area (TPSA) is 21.3 Å². The van der Waals surface area contributed by atoms with Crippen molar-refractivity contribution in [3.05, 3.63) is 35.4 Å². The van der Waals surface area contributed by atoms with Crippen LogP contribution in [0.1, 0.15) is 58.1 Å². The molecule has 1 aromatic rings. The molecule has 2 atom stereocenters. The van der Waals surface area contributed by atoms with E-state index in [2.05, 4.69) is 57.3 Å². The van der Waals surface area contributed by atoms with Crippen molar-refractivity contribution in [1.82, 2.24) is 5.32 Å². The summed E-state index contributed by atoms with van der Waals surface area (Å²) in [4.78, 5) is 0. The second kappa shape index (κ2) is 7.95. The van der Waals surface area contributed by atoms with Crippen LogP contribution in [0, 0.1) is 11.8 Å². The van der Waals surface area contributed by atoms with E-state index in [1.165, 1.54) is 30.4 Å². The zero-order chi connectivity index (χ0) is 15.2. The number of nitrogens with one attached hydrogen (secondary N) is 1. The highest BCUT2D eigenvalue weighted by atomic mass is 16.5. The van der Waals surface area contributed by atoms with Crippen LogP contribution in [0.2, 0.25) is 0 Å². The molecule has 118 valence electrons. The summed E-state index contributed by atoms with van der Waals surface area (Å²) >= 11 is 0. The molecule has 1 aliphatic carbocycles. The molecule has 1 N–H and O–H groups in total. The van der Waals surface area contributed by atoms with E-state index < -0.39 is 0 Å². The normalized spacial score (nSPS) is 26.2. The Morgan fingerprint density at radius 3 is 2.29 bits per heavy atom. The van der Waals surface area contributed by atoms with Crippen molar-refractivity contribution < 1.29 is 4.74 Å². The standard InChI is InChI=1S/C19H31NO/c1-14(2)20-12-17-7-5-6-8-18(17)13-21-19-10-15(3)9-16(4)11-19/h5-8,14-16,19-20H,9-13H2,1-4H3. The number of ether oxygens (including phenoxy) is 1. The average Bonchev–Trinajstić information content (AvgIpc) is 2.42. The molecule has 0 spiro atoms. The first-order chi connectivity index (χ1) is 10.0. The Morgan fingerprint density at radius 1 is 1.05 bits per heavy atom. The van der Waals surface area contributed by atoms with Crippen molar-refractivity contribution in [2.75, 3.05) is 0 Å². The molecule has 1 aliphatic rings. The van der Waals surface area contributed by atoms with Gasteiger partial charge in [-0.2, -0.15) is 0 Å². The molecule has 2 heteroatoms. The predicted octanol–water partition coefficient (Wildman–Crippen LogP) is 4.53. The summed E-state index contributed by atoms with van der Waals surface area (Å²) in [6.07, 6.45) is 4.23. The molecule has 0 aliphatic heterocycles. The maximum absolute atomic E-state index is 6.23. The molecule has 0 radical (unpaired) electrons. The Labute approximate surface area is 130 Å². The Balaban J connectivity index is 1.90. The lowest BCUT2D eigenvalue weighted by molar-refractivity contribution is -0.00943. The fourth-order valence-electron chi connectivity index (χ4n) is 3.40. The van der Waals surface area contributed by atoms with Crippen molar-refractivity contribution in [3.63, 3.8) is 0 Å². The van der Waals surface area contributed by atoms with Crippen LogP contribution >= 0.6 is 0 Å². The molecule has 0 saturated heterocycles. The predicted molar refractivity (Wildman–Crippen MR) is 89.2 cm³/mol. The van der Waals surface area contributed by atoms with E-state index in [1.807, 2.05) is 0 Å². The summed E-state index contributed by atoms with van der Waals surface area (Å²) in [5.41, 5.74) is 2.69. The van der Waals surface area contributed by atoms with E-state index >= 15 is 0 Å². The molecule has 0 heterocycles. The zero-order valence-corrected chi connectivity index (χ0v) is 14.1. The van der Waals surface area contributed by atoms with Gasteiger partial charge in [0.2, 0.25) is 0 Å². The lowest BCUT2D eigenvalue weighted by atomic mass is 9.82. The van der Waals surface area contributed by atoms with E-state index in [-0.39, 0.29) is 0 Å². The largest absolute Gasteiger partial charge is 0.374 e. The van der Waals surface area contributed by atoms with E-state index in [9.17, 15) is 0 Å². The Morgan fingerprint density at radius 2 is 1.67 bits per heavy atom. The minimum absolute atomic E-state index is 0.440. The van der Waals surface area contributed by atoms with Gasteiger partial charge in [-0.25, -0.2) is 0 Å². The maximum Gasteiger partial charge on any atom is 0.0723 e. The molecule has 0 aromatic heterocycles. The molecular formula is C19H31NO. The lowest BCUT2D eigenvalue weighted by Crippen LogP contribution is -2.26. The molecule has 1 saturated carbocycles. The summed E-state index contributed by atoms with van der Waals surface area (Å²) < 4.78 is 6.23. The quantitative estimate of drug-likeness (QED) is 0.831. The van der Waals surface area contributed by atoms with Gasteiger partial charge < -0.3 is 10.1 Å². The molecule has 0 amide bonds. The van der Waals surface area contributed by atoms with Crippen molar-refractivity contribution in [2.45, 2.75) is 72.3 Å². The third-order valence-electron chi connectivity index (χ3n) is 4.43. The summed E-state index contributed by atoms with van der Waals surface area (Å²) in [7, 11) is 0. The van der Waals surface area contributed by atoms with Crippen LogP contribution in [0.15, 0.2) is 24.3 Å². The van der Waals surface area contributed by atoms with E-state index in [0.717, 1.165) is 25.0 Å². The zero-order valence-electron chi connectivity index (χ0n) is 14.1. The van der Waals surface area contributed by atoms with Crippen molar-refractivity contribution >= 4 is 0 Å². The fraction of sp³-hybridized carbons (Fsp3) is 0.684. The maximum atomic E-state index is 6.23. The summed E-state index contributed by atoms with van der Waals surface area (Å²) in [6.45, 7) is 10.8. The van der Waals surface area contributed by atoms with Gasteiger partial charge in [-0.05, 0) is 42.2 Å². The number of hydrogen-bond donors (Lipinski definition) is 1. The van der Waals surface area contributed by atoms with Crippen molar-refractivity contribution in [1.29, 1.82) is 0 Å². The van der Waals surface area contributed by atoms with Crippen LogP contribution < -0.4 is 5.32 Å². The fourth-order valence-corrected chi connectivity index (χ4v) is 3.40. The molecule has 21 heavy (non-hydrogen) atoms. The smallest absolute Gasteiger partial charge is 0.0723 e. The third kappa shape index (κ3) is 5.44. The molecule has 2 unspecified atom stereocenters. The van der Waals surface area contributed by atoms with Gasteiger partial charge in [0.15, 0.2) is 0 Å². The van der Waals surface area contributed by atoms with Gasteiger partial charge in [0, 0.05) is 12.6 Å². The summed E-state index contributed by atoms with van der Waals surface area (Å²) in [5.74, 6) is 1.60. The molecule has 0 bridgehead atoms. The van der Waals surface area contributed by atoms with Crippen LogP contribution in [-0.2, 0) is 17.9 Å². The highest BCUT2D eigenvalue weighted by Gasteiger charge is 2.24. The van der Waals surface area contributed by atoms with Gasteiger partial charge >= 0.3 is 0 Å². The van der Waals surface area contributed by atoms with Gasteiger partial charge in [-0.3, -0.25) is 0 Å². The average molecular weight is 289 g/mol. The van der Waals surface area contributed by atoms with Gasteiger partial charge in [-0.15, -0.1) is 0 Å². The molecule has 2 nitrogen and oxygen atoms in total. The van der Waals surface area contributed by atoms with Gasteiger partial charge in [-0.1, -0.05) is 52.0 Å². The number of rotatable bonds is 6. The Bertz CT molecular complexity index is 419. The van der Waals surface area contributed by atoms with Crippen LogP contribution in [0.5, 0.6) is 0 Å². The monoisotopic (exact) mass is 289 g/mol. The van der Waals surface area contributed by atoms with E-state index in [0.29, 0.717) is 12.1 Å². The molecule has 2 rings (SSSR count). The van der Waals surface area contributed by atoms with Gasteiger partial charge in [0.25, 0.3) is 0 Å². The molecular weight excluding hydrogens is 258 g/mol. The first-order valence-corrected chi connectivity index (χ1v) is 8.46. The van der Waals surface area contributed by atoms with Crippen LogP contribution in [-0.4, -0.2) is 12.1 Å². The van der Waals surface area contributed by atoms with Crippen molar-refractivity contribution in [3.8, 4) is 0 Å². The molecule has 1 fully saturated rings. The number of benzene rings is 1. The SMILES string of the molecule is CC1CC(C)CC(OCc2ccccc2CNC(C)C)C1. The first kappa shape index (κ1) is 16.5. The van der Waals surface area contributed by atoms with Crippen LogP contribution in [0.4, 0.5) is 0 Å². The second-order valence-corrected chi connectivity index (χ2v) is 7.15. The third-order valence-corrected chi connectivity index (χ3v) is 4.43. The highest BCUT2D eigenvalue weighted by Crippen LogP contribution is 2.30. The van der Waals surface area contributed by atoms with Gasteiger partial charge in [0.05, 0.1) is 12.7 Å². The lowest BCUT2D eigenvalue weighted by Gasteiger charge is -2.31. The minimum atomic E-state index is 0.440. The van der Waals surface area contributed by atoms with Gasteiger partial charge in [0.1, 0.15) is 0 Å². The second-order valence-electron chi connectivity index (χ2n) is 7.15. The van der Waals surface area contributed by atoms with Crippen LogP contribution in [0.25, 0.3) is 0 Å². The number of hydrogen-bond acceptors (Lipinski definition) is 2. The summed E-state index contributed by atoms with van der Waals surface area (Å²) in [6, 6.07) is 9.15. The minimum Gasteiger partial charge on any atom is -0.374 e. The summed E-state index contributed by atoms with van der Waals surface area (Å²) in [5, 5.41) is 3.50. The highest BCUT2D eigenvalue weighted by molar-refractivity contribution is 5.26.